The molecular formula is C22H21NO5S. The van der Waals surface area contributed by atoms with Crippen LogP contribution >= 0.6 is 0 Å². The summed E-state index contributed by atoms with van der Waals surface area (Å²) in [4.78, 5) is 12.4. The fourth-order valence-electron chi connectivity index (χ4n) is 2.56. The number of rotatable bonds is 8. The number of benzene rings is 3. The lowest BCUT2D eigenvalue weighted by molar-refractivity contribution is 0.0921. The van der Waals surface area contributed by atoms with Crippen LogP contribution in [-0.2, 0) is 10.0 Å². The van der Waals surface area contributed by atoms with Crippen LogP contribution in [0.4, 0.5) is 5.69 Å². The number of carbonyl (C=O) groups is 1. The van der Waals surface area contributed by atoms with Gasteiger partial charge in [-0.25, -0.2) is 8.42 Å². The molecule has 3 aromatic rings. The molecule has 0 radical (unpaired) electrons. The number of carbonyl (C=O) groups excluding carboxylic acids is 1. The minimum atomic E-state index is -3.67. The van der Waals surface area contributed by atoms with Crippen LogP contribution in [0.1, 0.15) is 15.9 Å². The summed E-state index contributed by atoms with van der Waals surface area (Å²) in [5.74, 6) is 0.966. The van der Waals surface area contributed by atoms with Crippen LogP contribution in [0, 0.1) is 6.92 Å². The summed E-state index contributed by atoms with van der Waals surface area (Å²) >= 11 is 0. The molecule has 0 atom stereocenters. The van der Waals surface area contributed by atoms with E-state index in [9.17, 15) is 13.2 Å². The van der Waals surface area contributed by atoms with Crippen molar-refractivity contribution in [1.29, 1.82) is 0 Å². The van der Waals surface area contributed by atoms with Gasteiger partial charge >= 0.3 is 0 Å². The monoisotopic (exact) mass is 411 g/mol. The molecule has 0 aliphatic heterocycles. The second-order valence-electron chi connectivity index (χ2n) is 6.38. The van der Waals surface area contributed by atoms with Crippen molar-refractivity contribution < 1.29 is 22.7 Å². The van der Waals surface area contributed by atoms with Crippen molar-refractivity contribution in [3.05, 3.63) is 83.9 Å². The van der Waals surface area contributed by atoms with Crippen LogP contribution in [0.25, 0.3) is 0 Å². The molecule has 3 aromatic carbocycles. The minimum Gasteiger partial charge on any atom is -0.497 e. The summed E-state index contributed by atoms with van der Waals surface area (Å²) < 4.78 is 37.9. The third-order valence-corrected chi connectivity index (χ3v) is 5.62. The van der Waals surface area contributed by atoms with E-state index < -0.39 is 10.0 Å². The second-order valence-corrected chi connectivity index (χ2v) is 8.07. The summed E-state index contributed by atoms with van der Waals surface area (Å²) in [6.45, 7) is 1.77. The van der Waals surface area contributed by atoms with Crippen molar-refractivity contribution in [1.82, 2.24) is 0 Å². The SMILES string of the molecule is COc1ccc(C(=O)COc2ccc(NS(=O)(=O)c3ccc(C)cc3)cc2)cc1. The van der Waals surface area contributed by atoms with Crippen molar-refractivity contribution in [3.63, 3.8) is 0 Å². The van der Waals surface area contributed by atoms with Crippen LogP contribution in [-0.4, -0.2) is 27.9 Å². The molecule has 6 nitrogen and oxygen atoms in total. The van der Waals surface area contributed by atoms with Gasteiger partial charge in [0.15, 0.2) is 12.4 Å². The molecule has 0 saturated carbocycles. The number of Topliss-reactive ketones (excluding diaryl/α,β-unsaturated/α-hetero) is 1. The van der Waals surface area contributed by atoms with E-state index >= 15 is 0 Å². The third kappa shape index (κ3) is 5.36. The Kier molecular flexibility index (Phi) is 6.19. The Morgan fingerprint density at radius 3 is 2.03 bits per heavy atom. The Morgan fingerprint density at radius 1 is 0.862 bits per heavy atom. The van der Waals surface area contributed by atoms with Crippen LogP contribution in [0.2, 0.25) is 0 Å². The van der Waals surface area contributed by atoms with E-state index in [2.05, 4.69) is 4.72 Å². The highest BCUT2D eigenvalue weighted by Crippen LogP contribution is 2.20. The van der Waals surface area contributed by atoms with Gasteiger partial charge in [-0.3, -0.25) is 9.52 Å². The first-order valence-electron chi connectivity index (χ1n) is 8.87. The van der Waals surface area contributed by atoms with Crippen LogP contribution < -0.4 is 14.2 Å². The van der Waals surface area contributed by atoms with E-state index in [0.29, 0.717) is 22.7 Å². The van der Waals surface area contributed by atoms with Crippen molar-refractivity contribution >= 4 is 21.5 Å². The van der Waals surface area contributed by atoms with E-state index in [4.69, 9.17) is 9.47 Å². The molecule has 0 fully saturated rings. The average Bonchev–Trinajstić information content (AvgIpc) is 2.73. The molecule has 0 saturated heterocycles. The van der Waals surface area contributed by atoms with Crippen molar-refractivity contribution in [3.8, 4) is 11.5 Å². The summed E-state index contributed by atoms with van der Waals surface area (Å²) in [5, 5.41) is 0. The van der Waals surface area contributed by atoms with E-state index in [1.807, 2.05) is 6.92 Å². The maximum atomic E-state index is 12.4. The Balaban J connectivity index is 1.59. The molecule has 0 bridgehead atoms. The Bertz CT molecular complexity index is 1070. The predicted octanol–water partition coefficient (Wildman–Crippen LogP) is 4.07. The van der Waals surface area contributed by atoms with Crippen LogP contribution in [0.5, 0.6) is 11.5 Å². The predicted molar refractivity (Wildman–Crippen MR) is 111 cm³/mol. The highest BCUT2D eigenvalue weighted by molar-refractivity contribution is 7.92. The number of methoxy groups -OCH3 is 1. The minimum absolute atomic E-state index is 0.124. The van der Waals surface area contributed by atoms with Gasteiger partial charge in [0.1, 0.15) is 11.5 Å². The smallest absolute Gasteiger partial charge is 0.261 e. The fourth-order valence-corrected chi connectivity index (χ4v) is 3.62. The van der Waals surface area contributed by atoms with Crippen LogP contribution in [0.3, 0.4) is 0 Å². The molecule has 0 aromatic heterocycles. The lowest BCUT2D eigenvalue weighted by atomic mass is 10.1. The van der Waals surface area contributed by atoms with Gasteiger partial charge in [0.25, 0.3) is 10.0 Å². The number of anilines is 1. The molecule has 3 rings (SSSR count). The molecule has 7 heteroatoms. The highest BCUT2D eigenvalue weighted by atomic mass is 32.2. The van der Waals surface area contributed by atoms with Gasteiger partial charge in [-0.05, 0) is 67.6 Å². The fraction of sp³-hybridized carbons (Fsp3) is 0.136. The lowest BCUT2D eigenvalue weighted by Gasteiger charge is -2.10. The van der Waals surface area contributed by atoms with Gasteiger partial charge in [-0.15, -0.1) is 0 Å². The molecule has 0 unspecified atom stereocenters. The van der Waals surface area contributed by atoms with Gasteiger partial charge in [-0.1, -0.05) is 17.7 Å². The normalized spacial score (nSPS) is 11.0. The van der Waals surface area contributed by atoms with E-state index in [-0.39, 0.29) is 17.3 Å². The number of ketones is 1. The molecule has 1 N–H and O–H groups in total. The van der Waals surface area contributed by atoms with Crippen molar-refractivity contribution in [2.75, 3.05) is 18.4 Å². The largest absolute Gasteiger partial charge is 0.497 e. The first kappa shape index (κ1) is 20.4. The van der Waals surface area contributed by atoms with Gasteiger partial charge in [-0.2, -0.15) is 0 Å². The summed E-state index contributed by atoms with van der Waals surface area (Å²) in [6.07, 6.45) is 0. The molecular weight excluding hydrogens is 390 g/mol. The molecule has 29 heavy (non-hydrogen) atoms. The molecule has 0 aliphatic rings. The van der Waals surface area contributed by atoms with Gasteiger partial charge in [0.2, 0.25) is 0 Å². The number of nitrogens with one attached hydrogen (secondary N) is 1. The number of hydrogen-bond acceptors (Lipinski definition) is 5. The maximum Gasteiger partial charge on any atom is 0.261 e. The van der Waals surface area contributed by atoms with Gasteiger partial charge in [0.05, 0.1) is 12.0 Å². The second kappa shape index (κ2) is 8.79. The molecule has 0 amide bonds. The standard InChI is InChI=1S/C22H21NO5S/c1-16-3-13-21(14-4-16)29(25,26)23-18-7-11-20(12-8-18)28-15-22(24)17-5-9-19(27-2)10-6-17/h3-14,23H,15H2,1-2H3. The zero-order chi connectivity index (χ0) is 20.9. The van der Waals surface area contributed by atoms with E-state index in [0.717, 1.165) is 5.56 Å². The summed E-state index contributed by atoms with van der Waals surface area (Å²) in [7, 11) is -2.11. The third-order valence-electron chi connectivity index (χ3n) is 4.22. The number of aryl methyl sites for hydroxylation is 1. The topological polar surface area (TPSA) is 81.7 Å². The van der Waals surface area contributed by atoms with Crippen molar-refractivity contribution in [2.45, 2.75) is 11.8 Å². The molecule has 0 aliphatic carbocycles. The Hall–Kier alpha value is -3.32. The van der Waals surface area contributed by atoms with Gasteiger partial charge < -0.3 is 9.47 Å². The Labute approximate surface area is 170 Å². The van der Waals surface area contributed by atoms with E-state index in [1.165, 1.54) is 0 Å². The first-order valence-corrected chi connectivity index (χ1v) is 10.4. The average molecular weight is 411 g/mol. The molecule has 150 valence electrons. The molecule has 0 heterocycles. The van der Waals surface area contributed by atoms with Crippen LogP contribution in [0.15, 0.2) is 77.7 Å². The first-order chi connectivity index (χ1) is 13.9. The number of ether oxygens (including phenoxy) is 2. The number of sulfonamides is 1. The quantitative estimate of drug-likeness (QED) is 0.565. The van der Waals surface area contributed by atoms with Gasteiger partial charge in [0, 0.05) is 11.3 Å². The summed E-state index contributed by atoms with van der Waals surface area (Å²) in [5.41, 5.74) is 1.90. The highest BCUT2D eigenvalue weighted by Gasteiger charge is 2.14. The summed E-state index contributed by atoms with van der Waals surface area (Å²) in [6, 6.07) is 19.7. The zero-order valence-electron chi connectivity index (χ0n) is 16.1. The molecule has 0 spiro atoms. The maximum absolute atomic E-state index is 12.4. The zero-order valence-corrected chi connectivity index (χ0v) is 16.9. The Morgan fingerprint density at radius 2 is 1.45 bits per heavy atom. The number of hydrogen-bond donors (Lipinski definition) is 1. The van der Waals surface area contributed by atoms with Crippen molar-refractivity contribution in [2.24, 2.45) is 0 Å². The lowest BCUT2D eigenvalue weighted by Crippen LogP contribution is -2.13. The van der Waals surface area contributed by atoms with E-state index in [1.54, 1.807) is 79.9 Å².